The van der Waals surface area contributed by atoms with Gasteiger partial charge in [0.05, 0.1) is 0 Å². The number of aliphatic carboxylic acids is 1. The first-order chi connectivity index (χ1) is 13.7. The van der Waals surface area contributed by atoms with Crippen molar-refractivity contribution in [1.29, 1.82) is 0 Å². The highest BCUT2D eigenvalue weighted by atomic mass is 16.5. The van der Waals surface area contributed by atoms with Crippen LogP contribution in [0.2, 0.25) is 0 Å². The molecule has 0 bridgehead atoms. The highest BCUT2D eigenvalue weighted by molar-refractivity contribution is 5.72. The number of unbranched alkanes of at least 4 members (excludes halogenated alkanes) is 2. The van der Waals surface area contributed by atoms with Gasteiger partial charge in [-0.05, 0) is 64.2 Å². The molecule has 0 aliphatic carbocycles. The third-order valence-corrected chi connectivity index (χ3v) is 4.04. The first-order valence-electron chi connectivity index (χ1n) is 10.8. The summed E-state index contributed by atoms with van der Waals surface area (Å²) in [7, 11) is 0. The van der Waals surface area contributed by atoms with Crippen molar-refractivity contribution in [1.82, 2.24) is 0 Å². The van der Waals surface area contributed by atoms with Gasteiger partial charge < -0.3 is 9.84 Å². The minimum absolute atomic E-state index is 0.520. The van der Waals surface area contributed by atoms with Crippen LogP contribution in [0.3, 0.4) is 0 Å². The first-order valence-corrected chi connectivity index (χ1v) is 10.8. The summed E-state index contributed by atoms with van der Waals surface area (Å²) in [6.07, 6.45) is 30.7. The van der Waals surface area contributed by atoms with Gasteiger partial charge in [0, 0.05) is 6.61 Å². The summed E-state index contributed by atoms with van der Waals surface area (Å²) in [6, 6.07) is 0. The Balaban J connectivity index is 3.61. The van der Waals surface area contributed by atoms with Gasteiger partial charge >= 0.3 is 5.97 Å². The van der Waals surface area contributed by atoms with Gasteiger partial charge in [0.15, 0.2) is 6.10 Å². The molecule has 0 fully saturated rings. The summed E-state index contributed by atoms with van der Waals surface area (Å²) < 4.78 is 5.35. The zero-order chi connectivity index (χ0) is 20.7. The maximum Gasteiger partial charge on any atom is 0.332 e. The molecule has 0 saturated heterocycles. The lowest BCUT2D eigenvalue weighted by molar-refractivity contribution is -0.150. The fourth-order valence-corrected chi connectivity index (χ4v) is 2.50. The maximum atomic E-state index is 11.1. The fourth-order valence-electron chi connectivity index (χ4n) is 2.50. The molecule has 0 aliphatic heterocycles. The molecule has 3 heteroatoms. The SMILES string of the molecule is CCC=CCC=CCC=CCC=CCC=CCCCCC(OCCC)C(=O)O. The standard InChI is InChI=1S/C25H40O3/c1-3-5-6-7-8-9-10-11-12-13-14-15-16-17-18-19-20-21-22-24(25(26)27)28-23-4-2/h5-6,8-9,11-12,14-15,17-18,24H,3-4,7,10,13,16,19-23H2,1-2H3,(H,26,27). The molecular formula is C25H40O3. The van der Waals surface area contributed by atoms with Gasteiger partial charge in [0.1, 0.15) is 0 Å². The average Bonchev–Trinajstić information content (AvgIpc) is 2.69. The van der Waals surface area contributed by atoms with Crippen LogP contribution < -0.4 is 0 Å². The molecular weight excluding hydrogens is 348 g/mol. The Kier molecular flexibility index (Phi) is 20.0. The van der Waals surface area contributed by atoms with Crippen molar-refractivity contribution in [3.8, 4) is 0 Å². The predicted octanol–water partition coefficient (Wildman–Crippen LogP) is 7.18. The van der Waals surface area contributed by atoms with E-state index >= 15 is 0 Å². The molecule has 0 amide bonds. The molecule has 28 heavy (non-hydrogen) atoms. The Morgan fingerprint density at radius 2 is 1.29 bits per heavy atom. The maximum absolute atomic E-state index is 11.1. The molecule has 0 heterocycles. The van der Waals surface area contributed by atoms with E-state index in [1.54, 1.807) is 0 Å². The van der Waals surface area contributed by atoms with Crippen LogP contribution in [0.5, 0.6) is 0 Å². The van der Waals surface area contributed by atoms with Gasteiger partial charge in [-0.25, -0.2) is 4.79 Å². The van der Waals surface area contributed by atoms with Crippen LogP contribution in [0, 0.1) is 0 Å². The highest BCUT2D eigenvalue weighted by Crippen LogP contribution is 2.08. The van der Waals surface area contributed by atoms with Gasteiger partial charge in [0.25, 0.3) is 0 Å². The van der Waals surface area contributed by atoms with Gasteiger partial charge in [-0.1, -0.05) is 74.6 Å². The second-order valence-corrected chi connectivity index (χ2v) is 6.69. The predicted molar refractivity (Wildman–Crippen MR) is 121 cm³/mol. The molecule has 158 valence electrons. The number of carboxylic acid groups (broad SMARTS) is 1. The Hall–Kier alpha value is -1.87. The summed E-state index contributed by atoms with van der Waals surface area (Å²) in [5, 5.41) is 9.09. The molecule has 0 aliphatic rings. The van der Waals surface area contributed by atoms with Crippen molar-refractivity contribution in [2.24, 2.45) is 0 Å². The average molecular weight is 389 g/mol. The largest absolute Gasteiger partial charge is 0.479 e. The molecule has 1 N–H and O–H groups in total. The molecule has 0 saturated carbocycles. The monoisotopic (exact) mass is 388 g/mol. The van der Waals surface area contributed by atoms with Crippen LogP contribution >= 0.6 is 0 Å². The molecule has 1 atom stereocenters. The minimum Gasteiger partial charge on any atom is -0.479 e. The van der Waals surface area contributed by atoms with Crippen LogP contribution in [0.25, 0.3) is 0 Å². The molecule has 0 aromatic rings. The number of carbonyl (C=O) groups is 1. The van der Waals surface area contributed by atoms with Crippen LogP contribution in [-0.4, -0.2) is 23.8 Å². The number of allylic oxidation sites excluding steroid dienone is 10. The van der Waals surface area contributed by atoms with E-state index in [2.05, 4.69) is 67.7 Å². The quantitative estimate of drug-likeness (QED) is 0.200. The van der Waals surface area contributed by atoms with E-state index in [1.807, 2.05) is 6.92 Å². The molecule has 0 spiro atoms. The lowest BCUT2D eigenvalue weighted by Crippen LogP contribution is -2.24. The van der Waals surface area contributed by atoms with Crippen LogP contribution in [0.1, 0.15) is 78.1 Å². The van der Waals surface area contributed by atoms with E-state index in [-0.39, 0.29) is 0 Å². The van der Waals surface area contributed by atoms with Crippen molar-refractivity contribution in [2.75, 3.05) is 6.61 Å². The smallest absolute Gasteiger partial charge is 0.332 e. The van der Waals surface area contributed by atoms with Gasteiger partial charge in [-0.15, -0.1) is 0 Å². The Labute approximate surface area is 172 Å². The fraction of sp³-hybridized carbons (Fsp3) is 0.560. The Bertz CT molecular complexity index is 498. The Morgan fingerprint density at radius 3 is 1.75 bits per heavy atom. The third kappa shape index (κ3) is 18.9. The number of hydrogen-bond acceptors (Lipinski definition) is 2. The van der Waals surface area contributed by atoms with E-state index in [4.69, 9.17) is 9.84 Å². The van der Waals surface area contributed by atoms with Crippen molar-refractivity contribution < 1.29 is 14.6 Å². The highest BCUT2D eigenvalue weighted by Gasteiger charge is 2.16. The summed E-state index contributed by atoms with van der Waals surface area (Å²) in [4.78, 5) is 11.1. The van der Waals surface area contributed by atoms with Crippen LogP contribution in [-0.2, 0) is 9.53 Å². The summed E-state index contributed by atoms with van der Waals surface area (Å²) >= 11 is 0. The van der Waals surface area contributed by atoms with Crippen LogP contribution in [0.15, 0.2) is 60.8 Å². The van der Waals surface area contributed by atoms with Gasteiger partial charge in [0.2, 0.25) is 0 Å². The van der Waals surface area contributed by atoms with Crippen molar-refractivity contribution in [2.45, 2.75) is 84.2 Å². The number of rotatable bonds is 18. The molecule has 1 unspecified atom stereocenters. The number of ether oxygens (including phenoxy) is 1. The lowest BCUT2D eigenvalue weighted by Gasteiger charge is -2.12. The Morgan fingerprint density at radius 1 is 0.786 bits per heavy atom. The van der Waals surface area contributed by atoms with Crippen LogP contribution in [0.4, 0.5) is 0 Å². The second-order valence-electron chi connectivity index (χ2n) is 6.69. The number of carboxylic acids is 1. The summed E-state index contributed by atoms with van der Waals surface area (Å²) in [6.45, 7) is 4.66. The van der Waals surface area contributed by atoms with Crippen molar-refractivity contribution in [3.63, 3.8) is 0 Å². The molecule has 0 rings (SSSR count). The summed E-state index contributed by atoms with van der Waals surface area (Å²) in [5.41, 5.74) is 0. The topological polar surface area (TPSA) is 46.5 Å². The van der Waals surface area contributed by atoms with Crippen molar-refractivity contribution in [3.05, 3.63) is 60.8 Å². The molecule has 3 nitrogen and oxygen atoms in total. The van der Waals surface area contributed by atoms with Gasteiger partial charge in [-0.2, -0.15) is 0 Å². The second kappa shape index (κ2) is 21.4. The summed E-state index contributed by atoms with van der Waals surface area (Å²) in [5.74, 6) is -0.844. The normalized spacial score (nSPS) is 13.8. The van der Waals surface area contributed by atoms with E-state index in [1.165, 1.54) is 0 Å². The lowest BCUT2D eigenvalue weighted by atomic mass is 10.1. The minimum atomic E-state index is -0.844. The first kappa shape index (κ1) is 26.1. The van der Waals surface area contributed by atoms with E-state index in [0.29, 0.717) is 13.0 Å². The zero-order valence-electron chi connectivity index (χ0n) is 17.9. The molecule has 0 radical (unpaired) electrons. The zero-order valence-corrected chi connectivity index (χ0v) is 17.9. The molecule has 0 aromatic heterocycles. The third-order valence-electron chi connectivity index (χ3n) is 4.04. The van der Waals surface area contributed by atoms with E-state index < -0.39 is 12.1 Å². The van der Waals surface area contributed by atoms with E-state index in [9.17, 15) is 4.79 Å². The van der Waals surface area contributed by atoms with Crippen molar-refractivity contribution >= 4 is 5.97 Å². The molecule has 0 aromatic carbocycles. The van der Waals surface area contributed by atoms with E-state index in [0.717, 1.165) is 57.8 Å². The van der Waals surface area contributed by atoms with Gasteiger partial charge in [-0.3, -0.25) is 0 Å². The number of hydrogen-bond donors (Lipinski definition) is 1.